The molecule has 8 heteroatoms. The second-order valence-electron chi connectivity index (χ2n) is 6.57. The minimum absolute atomic E-state index is 0.508. The fourth-order valence-corrected chi connectivity index (χ4v) is 5.03. The molecule has 2 atom stereocenters. The van der Waals surface area contributed by atoms with Gasteiger partial charge in [0.05, 0.1) is 6.26 Å². The topological polar surface area (TPSA) is 73.8 Å². The number of nitrogens with zero attached hydrogens (tertiary/aromatic N) is 2. The molecule has 0 aromatic rings. The maximum Gasteiger partial charge on any atom is 0.211 e. The smallest absolute Gasteiger partial charge is 0.211 e. The van der Waals surface area contributed by atoms with Crippen molar-refractivity contribution in [3.05, 3.63) is 0 Å². The summed E-state index contributed by atoms with van der Waals surface area (Å²) in [5.41, 5.74) is 0. The van der Waals surface area contributed by atoms with Crippen molar-refractivity contribution in [1.82, 2.24) is 14.9 Å². The summed E-state index contributed by atoms with van der Waals surface area (Å²) >= 11 is 1.96. The van der Waals surface area contributed by atoms with Gasteiger partial charge in [0.15, 0.2) is 5.96 Å². The van der Waals surface area contributed by atoms with E-state index in [0.29, 0.717) is 25.0 Å². The van der Waals surface area contributed by atoms with E-state index >= 15 is 0 Å². The maximum atomic E-state index is 11.5. The molecule has 0 radical (unpaired) electrons. The molecule has 1 heterocycles. The van der Waals surface area contributed by atoms with Gasteiger partial charge in [-0.2, -0.15) is 11.8 Å². The normalized spacial score (nSPS) is 28.0. The van der Waals surface area contributed by atoms with Gasteiger partial charge in [-0.05, 0) is 44.3 Å². The average molecular weight is 363 g/mol. The molecule has 134 valence electrons. The largest absolute Gasteiger partial charge is 0.356 e. The zero-order valence-corrected chi connectivity index (χ0v) is 16.0. The van der Waals surface area contributed by atoms with Crippen molar-refractivity contribution in [3.8, 4) is 0 Å². The van der Waals surface area contributed by atoms with Crippen molar-refractivity contribution in [1.29, 1.82) is 0 Å². The molecule has 1 saturated carbocycles. The van der Waals surface area contributed by atoms with Crippen LogP contribution in [-0.4, -0.2) is 69.2 Å². The first-order chi connectivity index (χ1) is 10.9. The van der Waals surface area contributed by atoms with Crippen molar-refractivity contribution >= 4 is 27.7 Å². The predicted molar refractivity (Wildman–Crippen MR) is 98.6 cm³/mol. The molecule has 2 N–H and O–H groups in total. The summed E-state index contributed by atoms with van der Waals surface area (Å²) in [5.74, 6) is 1.39. The van der Waals surface area contributed by atoms with E-state index in [-0.39, 0.29) is 0 Å². The summed E-state index contributed by atoms with van der Waals surface area (Å²) in [6.45, 7) is 2.13. The zero-order valence-electron chi connectivity index (χ0n) is 14.4. The van der Waals surface area contributed by atoms with Crippen LogP contribution < -0.4 is 10.6 Å². The monoisotopic (exact) mass is 362 g/mol. The third-order valence-electron chi connectivity index (χ3n) is 4.88. The molecule has 2 aliphatic rings. The molecule has 1 aliphatic heterocycles. The van der Waals surface area contributed by atoms with Gasteiger partial charge in [0.2, 0.25) is 10.0 Å². The zero-order chi connectivity index (χ0) is 16.9. The fraction of sp³-hybridized carbons (Fsp3) is 0.933. The van der Waals surface area contributed by atoms with Crippen LogP contribution in [0.25, 0.3) is 0 Å². The molecule has 2 fully saturated rings. The van der Waals surface area contributed by atoms with Gasteiger partial charge in [0.1, 0.15) is 0 Å². The van der Waals surface area contributed by atoms with E-state index in [9.17, 15) is 8.42 Å². The van der Waals surface area contributed by atoms with Crippen LogP contribution in [0.2, 0.25) is 0 Å². The highest BCUT2D eigenvalue weighted by atomic mass is 32.2. The summed E-state index contributed by atoms with van der Waals surface area (Å²) in [6, 6.07) is 0.519. The highest BCUT2D eigenvalue weighted by Crippen LogP contribution is 2.28. The number of nitrogens with one attached hydrogen (secondary N) is 2. The van der Waals surface area contributed by atoms with Crippen molar-refractivity contribution in [2.45, 2.75) is 43.4 Å². The first-order valence-corrected chi connectivity index (χ1v) is 11.5. The summed E-state index contributed by atoms with van der Waals surface area (Å²) in [7, 11) is -1.23. The van der Waals surface area contributed by atoms with E-state index in [1.807, 2.05) is 18.8 Å². The highest BCUT2D eigenvalue weighted by molar-refractivity contribution is 7.99. The van der Waals surface area contributed by atoms with Crippen molar-refractivity contribution in [2.24, 2.45) is 10.9 Å². The standard InChI is InChI=1S/C15H30N4O2S2/c1-16-15(18-13-4-5-14(10-13)22-2)17-11-12-6-8-19(9-7-12)23(3,20)21/h12-14H,4-11H2,1-3H3,(H2,16,17,18). The van der Waals surface area contributed by atoms with Gasteiger partial charge in [-0.25, -0.2) is 12.7 Å². The fourth-order valence-electron chi connectivity index (χ4n) is 3.36. The number of hydrogen-bond acceptors (Lipinski definition) is 4. The molecule has 0 amide bonds. The Morgan fingerprint density at radius 2 is 1.96 bits per heavy atom. The molecular formula is C15H30N4O2S2. The van der Waals surface area contributed by atoms with E-state index in [4.69, 9.17) is 0 Å². The van der Waals surface area contributed by atoms with Crippen LogP contribution in [-0.2, 0) is 10.0 Å². The van der Waals surface area contributed by atoms with Crippen LogP contribution in [0.15, 0.2) is 4.99 Å². The Bertz CT molecular complexity index is 502. The molecular weight excluding hydrogens is 332 g/mol. The van der Waals surface area contributed by atoms with Crippen LogP contribution >= 0.6 is 11.8 Å². The number of thioether (sulfide) groups is 1. The van der Waals surface area contributed by atoms with Crippen molar-refractivity contribution in [2.75, 3.05) is 39.2 Å². The van der Waals surface area contributed by atoms with Gasteiger partial charge in [0.25, 0.3) is 0 Å². The average Bonchev–Trinajstić information content (AvgIpc) is 2.98. The van der Waals surface area contributed by atoms with Crippen LogP contribution in [0.5, 0.6) is 0 Å². The van der Waals surface area contributed by atoms with Gasteiger partial charge in [0, 0.05) is 38.0 Å². The predicted octanol–water partition coefficient (Wildman–Crippen LogP) is 1.11. The van der Waals surface area contributed by atoms with Crippen LogP contribution in [0, 0.1) is 5.92 Å². The number of aliphatic imine (C=N–C) groups is 1. The van der Waals surface area contributed by atoms with E-state index in [1.165, 1.54) is 25.5 Å². The van der Waals surface area contributed by atoms with Crippen molar-refractivity contribution in [3.63, 3.8) is 0 Å². The molecule has 0 spiro atoms. The Hall–Kier alpha value is -0.470. The Morgan fingerprint density at radius 1 is 1.26 bits per heavy atom. The molecule has 1 aliphatic carbocycles. The van der Waals surface area contributed by atoms with Gasteiger partial charge < -0.3 is 10.6 Å². The minimum Gasteiger partial charge on any atom is -0.356 e. The molecule has 1 saturated heterocycles. The lowest BCUT2D eigenvalue weighted by molar-refractivity contribution is 0.274. The maximum absolute atomic E-state index is 11.5. The van der Waals surface area contributed by atoms with Crippen LogP contribution in [0.1, 0.15) is 32.1 Å². The molecule has 0 aromatic carbocycles. The molecule has 0 bridgehead atoms. The second-order valence-corrected chi connectivity index (χ2v) is 9.69. The van der Waals surface area contributed by atoms with E-state index in [1.54, 1.807) is 4.31 Å². The van der Waals surface area contributed by atoms with Crippen molar-refractivity contribution < 1.29 is 8.42 Å². The number of sulfonamides is 1. The Morgan fingerprint density at radius 3 is 2.48 bits per heavy atom. The molecule has 6 nitrogen and oxygen atoms in total. The Kier molecular flexibility index (Phi) is 7.03. The third-order valence-corrected chi connectivity index (χ3v) is 7.28. The molecule has 2 rings (SSSR count). The van der Waals surface area contributed by atoms with Gasteiger partial charge in [-0.3, -0.25) is 4.99 Å². The first kappa shape index (κ1) is 18.9. The Labute approximate surface area is 144 Å². The number of hydrogen-bond donors (Lipinski definition) is 2. The van der Waals surface area contributed by atoms with E-state index in [0.717, 1.165) is 30.6 Å². The minimum atomic E-state index is -3.03. The molecule has 23 heavy (non-hydrogen) atoms. The quantitative estimate of drug-likeness (QED) is 0.566. The summed E-state index contributed by atoms with van der Waals surface area (Å²) in [4.78, 5) is 4.32. The summed E-state index contributed by atoms with van der Waals surface area (Å²) in [5, 5.41) is 7.71. The highest BCUT2D eigenvalue weighted by Gasteiger charge is 2.26. The Balaban J connectivity index is 1.70. The van der Waals surface area contributed by atoms with Gasteiger partial charge in [-0.15, -0.1) is 0 Å². The lowest BCUT2D eigenvalue weighted by Crippen LogP contribution is -2.46. The number of piperidine rings is 1. The van der Waals surface area contributed by atoms with E-state index in [2.05, 4.69) is 21.9 Å². The third kappa shape index (κ3) is 5.83. The van der Waals surface area contributed by atoms with Crippen LogP contribution in [0.4, 0.5) is 0 Å². The molecule has 2 unspecified atom stereocenters. The lowest BCUT2D eigenvalue weighted by Gasteiger charge is -2.30. The van der Waals surface area contributed by atoms with Gasteiger partial charge in [-0.1, -0.05) is 0 Å². The second kappa shape index (κ2) is 8.58. The number of guanidine groups is 1. The van der Waals surface area contributed by atoms with E-state index < -0.39 is 10.0 Å². The lowest BCUT2D eigenvalue weighted by atomic mass is 9.98. The first-order valence-electron chi connectivity index (χ1n) is 8.37. The van der Waals surface area contributed by atoms with Gasteiger partial charge >= 0.3 is 0 Å². The van der Waals surface area contributed by atoms with Crippen LogP contribution in [0.3, 0.4) is 0 Å². The number of rotatable bonds is 5. The SMILES string of the molecule is CN=C(NCC1CCN(S(C)(=O)=O)CC1)NC1CCC(SC)C1. The summed E-state index contributed by atoms with van der Waals surface area (Å²) in [6.07, 6.45) is 8.99. The summed E-state index contributed by atoms with van der Waals surface area (Å²) < 4.78 is 24.6. The molecule has 0 aromatic heterocycles.